The van der Waals surface area contributed by atoms with Crippen LogP contribution in [0.3, 0.4) is 0 Å². The minimum Gasteiger partial charge on any atom is -0.493 e. The molecule has 0 unspecified atom stereocenters. The second-order valence-corrected chi connectivity index (χ2v) is 16.6. The van der Waals surface area contributed by atoms with Gasteiger partial charge in [0, 0.05) is 38.4 Å². The van der Waals surface area contributed by atoms with Gasteiger partial charge in [-0.3, -0.25) is 13.7 Å². The normalized spacial score (nSPS) is 12.9. The van der Waals surface area contributed by atoms with Crippen LogP contribution >= 0.6 is 0 Å². The first-order valence-corrected chi connectivity index (χ1v) is 20.9. The zero-order valence-electron chi connectivity index (χ0n) is 26.9. The van der Waals surface area contributed by atoms with Crippen LogP contribution in [0.5, 0.6) is 5.75 Å². The molecule has 0 spiro atoms. The van der Waals surface area contributed by atoms with Gasteiger partial charge in [-0.05, 0) is 18.6 Å². The molecule has 10 nitrogen and oxygen atoms in total. The lowest BCUT2D eigenvalue weighted by atomic mass is 9.93. The monoisotopic (exact) mass is 710 g/mol. The van der Waals surface area contributed by atoms with Crippen LogP contribution in [0.1, 0.15) is 110 Å². The van der Waals surface area contributed by atoms with Crippen molar-refractivity contribution >= 4 is 62.7 Å². The summed E-state index contributed by atoms with van der Waals surface area (Å²) < 4.78 is 110. The van der Waals surface area contributed by atoms with Crippen molar-refractivity contribution in [2.24, 2.45) is 0 Å². The van der Waals surface area contributed by atoms with Crippen LogP contribution in [0, 0.1) is 0 Å². The predicted octanol–water partition coefficient (Wildman–Crippen LogP) is 8.96. The summed E-state index contributed by atoms with van der Waals surface area (Å²) in [7, 11) is -14.8. The minimum atomic E-state index is -4.97. The molecule has 4 aromatic carbocycles. The third-order valence-corrected chi connectivity index (χ3v) is 11.5. The van der Waals surface area contributed by atoms with E-state index in [1.54, 1.807) is 0 Å². The Bertz CT molecular complexity index is 1930. The van der Waals surface area contributed by atoms with Crippen molar-refractivity contribution in [3.63, 3.8) is 0 Å². The number of rotatable bonds is 21. The largest absolute Gasteiger partial charge is 0.493 e. The maximum atomic E-state index is 12.4. The van der Waals surface area contributed by atoms with E-state index in [1.807, 2.05) is 0 Å². The summed E-state index contributed by atoms with van der Waals surface area (Å²) in [6.07, 6.45) is 19.5. The van der Waals surface area contributed by atoms with E-state index in [0.717, 1.165) is 19.3 Å². The van der Waals surface area contributed by atoms with Gasteiger partial charge < -0.3 is 4.74 Å². The summed E-state index contributed by atoms with van der Waals surface area (Å²) in [5, 5.41) is 0.224. The third kappa shape index (κ3) is 9.54. The molecule has 0 bridgehead atoms. The zero-order valence-corrected chi connectivity index (χ0v) is 29.4. The molecule has 47 heavy (non-hydrogen) atoms. The zero-order chi connectivity index (χ0) is 34.2. The number of unbranched alkanes of at least 4 members (excludes halogenated alkanes) is 15. The summed E-state index contributed by atoms with van der Waals surface area (Å²) in [5.74, 6) is 0.103. The summed E-state index contributed by atoms with van der Waals surface area (Å²) in [6, 6.07) is 7.18. The molecule has 0 saturated carbocycles. The highest BCUT2D eigenvalue weighted by Crippen LogP contribution is 2.45. The fourth-order valence-corrected chi connectivity index (χ4v) is 8.67. The molecule has 13 heteroatoms. The van der Waals surface area contributed by atoms with Gasteiger partial charge in [-0.2, -0.15) is 25.3 Å². The molecule has 0 aliphatic rings. The highest BCUT2D eigenvalue weighted by atomic mass is 32.2. The fraction of sp³-hybridized carbons (Fsp3) is 0.529. The molecule has 0 atom stereocenters. The Hall–Kier alpha value is -2.55. The number of hydrogen-bond donors (Lipinski definition) is 3. The van der Waals surface area contributed by atoms with Gasteiger partial charge in [0.1, 0.15) is 20.4 Å². The predicted molar refractivity (Wildman–Crippen MR) is 185 cm³/mol. The summed E-state index contributed by atoms with van der Waals surface area (Å²) in [6.45, 7) is 2.49. The van der Waals surface area contributed by atoms with Crippen LogP contribution in [0.15, 0.2) is 51.1 Å². The lowest BCUT2D eigenvalue weighted by Crippen LogP contribution is -2.07. The molecular formula is C34H46O10S3. The topological polar surface area (TPSA) is 172 Å². The second kappa shape index (κ2) is 16.2. The van der Waals surface area contributed by atoms with Gasteiger partial charge >= 0.3 is 0 Å². The van der Waals surface area contributed by atoms with Crippen LogP contribution in [0.25, 0.3) is 32.3 Å². The van der Waals surface area contributed by atoms with Gasteiger partial charge in [-0.25, -0.2) is 0 Å². The molecule has 0 aliphatic heterocycles. The van der Waals surface area contributed by atoms with E-state index in [2.05, 4.69) is 6.92 Å². The Labute approximate surface area is 278 Å². The molecule has 4 aromatic rings. The molecule has 0 fully saturated rings. The maximum Gasteiger partial charge on any atom is 0.295 e. The number of hydrogen-bond acceptors (Lipinski definition) is 7. The van der Waals surface area contributed by atoms with E-state index < -0.39 is 45.0 Å². The maximum absolute atomic E-state index is 12.4. The average Bonchev–Trinajstić information content (AvgIpc) is 2.99. The Morgan fingerprint density at radius 3 is 1.17 bits per heavy atom. The quantitative estimate of drug-likeness (QED) is 0.0430. The average molecular weight is 711 g/mol. The lowest BCUT2D eigenvalue weighted by Gasteiger charge is -2.19. The van der Waals surface area contributed by atoms with Gasteiger partial charge in [0.05, 0.1) is 6.61 Å². The Kier molecular flexibility index (Phi) is 12.9. The molecule has 0 amide bonds. The Balaban J connectivity index is 1.42. The van der Waals surface area contributed by atoms with Crippen molar-refractivity contribution in [3.8, 4) is 5.75 Å². The molecule has 0 radical (unpaired) electrons. The van der Waals surface area contributed by atoms with E-state index in [1.165, 1.54) is 107 Å². The van der Waals surface area contributed by atoms with E-state index in [4.69, 9.17) is 4.74 Å². The van der Waals surface area contributed by atoms with Crippen LogP contribution in [0.4, 0.5) is 0 Å². The Morgan fingerprint density at radius 1 is 0.468 bits per heavy atom. The molecule has 0 aliphatic carbocycles. The van der Waals surface area contributed by atoms with Crippen molar-refractivity contribution in [1.82, 2.24) is 0 Å². The highest BCUT2D eigenvalue weighted by Gasteiger charge is 2.28. The van der Waals surface area contributed by atoms with Crippen LogP contribution in [-0.2, 0) is 30.4 Å². The molecule has 0 saturated heterocycles. The molecular weight excluding hydrogens is 665 g/mol. The number of ether oxygens (including phenoxy) is 1. The highest BCUT2D eigenvalue weighted by molar-refractivity contribution is 7.87. The Morgan fingerprint density at radius 2 is 0.787 bits per heavy atom. The second-order valence-electron chi connectivity index (χ2n) is 12.4. The standard InChI is InChI=1S/C34H46O10S3/c1-2-3-4-5-6-7-8-9-10-11-12-13-14-15-16-17-22-44-29-23-30(45(35,36)37)26-20-21-28-32(47(41,42)43)24-31(46(38,39)40)27-19-18-25(29)33(26)34(27)28/h18-21,23-24H,2-17,22H2,1H3,(H,35,36,37)(H,38,39,40)(H,41,42,43). The SMILES string of the molecule is CCCCCCCCCCCCCCCCCCOc1cc(S(=O)(=O)O)c2ccc3c(S(=O)(=O)O)cc(S(=O)(=O)O)c4ccc1c2c43. The fourth-order valence-electron chi connectivity index (χ4n) is 6.46. The molecule has 260 valence electrons. The molecule has 0 aromatic heterocycles. The first-order chi connectivity index (χ1) is 22.2. The van der Waals surface area contributed by atoms with E-state index in [-0.39, 0.29) is 39.3 Å². The summed E-state index contributed by atoms with van der Waals surface area (Å²) in [4.78, 5) is -2.06. The smallest absolute Gasteiger partial charge is 0.295 e. The number of benzene rings is 4. The summed E-state index contributed by atoms with van der Waals surface area (Å²) in [5.41, 5.74) is 0. The molecule has 4 rings (SSSR count). The van der Waals surface area contributed by atoms with Crippen molar-refractivity contribution in [2.45, 2.75) is 124 Å². The van der Waals surface area contributed by atoms with E-state index >= 15 is 0 Å². The van der Waals surface area contributed by atoms with Gasteiger partial charge in [0.15, 0.2) is 0 Å². The first-order valence-electron chi connectivity index (χ1n) is 16.6. The van der Waals surface area contributed by atoms with Gasteiger partial charge in [-0.1, -0.05) is 121 Å². The summed E-state index contributed by atoms with van der Waals surface area (Å²) >= 11 is 0. The van der Waals surface area contributed by atoms with Crippen molar-refractivity contribution in [2.75, 3.05) is 6.61 Å². The van der Waals surface area contributed by atoms with Crippen molar-refractivity contribution in [3.05, 3.63) is 36.4 Å². The van der Waals surface area contributed by atoms with Crippen LogP contribution < -0.4 is 4.74 Å². The lowest BCUT2D eigenvalue weighted by molar-refractivity contribution is 0.307. The third-order valence-electron chi connectivity index (χ3n) is 8.84. The van der Waals surface area contributed by atoms with Gasteiger partial charge in [0.25, 0.3) is 30.4 Å². The van der Waals surface area contributed by atoms with Gasteiger partial charge in [-0.15, -0.1) is 0 Å². The van der Waals surface area contributed by atoms with Crippen LogP contribution in [-0.4, -0.2) is 45.5 Å². The minimum absolute atomic E-state index is 0.0101. The first kappa shape index (κ1) is 37.3. The van der Waals surface area contributed by atoms with Crippen molar-refractivity contribution < 1.29 is 43.6 Å². The van der Waals surface area contributed by atoms with E-state index in [9.17, 15) is 38.9 Å². The molecule has 3 N–H and O–H groups in total. The molecule has 0 heterocycles. The van der Waals surface area contributed by atoms with E-state index in [0.29, 0.717) is 17.9 Å². The van der Waals surface area contributed by atoms with Crippen LogP contribution in [0.2, 0.25) is 0 Å². The van der Waals surface area contributed by atoms with Gasteiger partial charge in [0.2, 0.25) is 0 Å². The van der Waals surface area contributed by atoms with Crippen molar-refractivity contribution in [1.29, 1.82) is 0 Å².